The van der Waals surface area contributed by atoms with Gasteiger partial charge in [-0.1, -0.05) is 0 Å². The number of aliphatic hydroxyl groups is 1. The lowest BCUT2D eigenvalue weighted by atomic mass is 10.2. The third-order valence-corrected chi connectivity index (χ3v) is 1.65. The second-order valence-electron chi connectivity index (χ2n) is 3.05. The van der Waals surface area contributed by atoms with Crippen LogP contribution in [0.15, 0.2) is 0 Å². The molecule has 0 aromatic heterocycles. The molecule has 0 rings (SSSR count). The topological polar surface area (TPSA) is 77.8 Å². The molecule has 0 aromatic carbocycles. The van der Waals surface area contributed by atoms with Crippen LogP contribution in [0, 0.1) is 0 Å². The number of aliphatic carboxylic acids is 1. The molecule has 0 saturated heterocycles. The molecule has 0 bridgehead atoms. The number of aliphatic hydroxyl groups excluding tert-OH is 1. The Kier molecular flexibility index (Phi) is 5.79. The summed E-state index contributed by atoms with van der Waals surface area (Å²) < 4.78 is 36.0. The highest BCUT2D eigenvalue weighted by atomic mass is 19.4. The molecule has 0 radical (unpaired) electrons. The second kappa shape index (κ2) is 6.31. The summed E-state index contributed by atoms with van der Waals surface area (Å²) >= 11 is 0. The van der Waals surface area contributed by atoms with E-state index in [1.54, 1.807) is 0 Å². The van der Waals surface area contributed by atoms with E-state index in [9.17, 15) is 22.8 Å². The van der Waals surface area contributed by atoms with Gasteiger partial charge in [0.05, 0.1) is 13.0 Å². The molecule has 0 unspecified atom stereocenters. The van der Waals surface area contributed by atoms with Gasteiger partial charge in [-0.2, -0.15) is 13.2 Å². The van der Waals surface area contributed by atoms with Crippen LogP contribution in [-0.4, -0.2) is 52.9 Å². The SMILES string of the molecule is O=C(O)CCC(=O)N(CCO)CC(F)(F)F. The fraction of sp³-hybridized carbons (Fsp3) is 0.750. The van der Waals surface area contributed by atoms with Crippen molar-refractivity contribution in [3.05, 3.63) is 0 Å². The summed E-state index contributed by atoms with van der Waals surface area (Å²) in [6.45, 7) is -2.54. The minimum Gasteiger partial charge on any atom is -0.481 e. The van der Waals surface area contributed by atoms with E-state index in [1.807, 2.05) is 0 Å². The van der Waals surface area contributed by atoms with Gasteiger partial charge in [0.15, 0.2) is 0 Å². The third kappa shape index (κ3) is 7.04. The molecule has 0 fully saturated rings. The normalized spacial score (nSPS) is 11.2. The highest BCUT2D eigenvalue weighted by molar-refractivity contribution is 5.80. The van der Waals surface area contributed by atoms with Crippen LogP contribution in [0.3, 0.4) is 0 Å². The summed E-state index contributed by atoms with van der Waals surface area (Å²) in [7, 11) is 0. The Bertz CT molecular complexity index is 254. The lowest BCUT2D eigenvalue weighted by Crippen LogP contribution is -2.40. The predicted octanol–water partition coefficient (Wildman–Crippen LogP) is 0.234. The van der Waals surface area contributed by atoms with E-state index in [1.165, 1.54) is 0 Å². The van der Waals surface area contributed by atoms with Gasteiger partial charge in [0, 0.05) is 13.0 Å². The Balaban J connectivity index is 4.29. The average Bonchev–Trinajstić information content (AvgIpc) is 2.11. The summed E-state index contributed by atoms with van der Waals surface area (Å²) in [4.78, 5) is 21.7. The predicted molar refractivity (Wildman–Crippen MR) is 46.6 cm³/mol. The van der Waals surface area contributed by atoms with E-state index in [4.69, 9.17) is 10.2 Å². The summed E-state index contributed by atoms with van der Waals surface area (Å²) in [6.07, 6.45) is -5.60. The van der Waals surface area contributed by atoms with E-state index >= 15 is 0 Å². The Labute approximate surface area is 89.5 Å². The molecule has 16 heavy (non-hydrogen) atoms. The van der Waals surface area contributed by atoms with Gasteiger partial charge in [0.25, 0.3) is 0 Å². The lowest BCUT2D eigenvalue weighted by molar-refractivity contribution is -0.162. The Morgan fingerprint density at radius 3 is 2.12 bits per heavy atom. The number of carbonyl (C=O) groups excluding carboxylic acids is 1. The zero-order chi connectivity index (χ0) is 12.8. The van der Waals surface area contributed by atoms with E-state index in [0.29, 0.717) is 4.90 Å². The minimum absolute atomic E-state index is 0.392. The fourth-order valence-electron chi connectivity index (χ4n) is 1.00. The molecule has 2 N–H and O–H groups in total. The fourth-order valence-corrected chi connectivity index (χ4v) is 1.00. The smallest absolute Gasteiger partial charge is 0.406 e. The first-order valence-electron chi connectivity index (χ1n) is 4.43. The maximum atomic E-state index is 12.0. The number of carbonyl (C=O) groups is 2. The Hall–Kier alpha value is -1.31. The molecular formula is C8H12F3NO4. The van der Waals surface area contributed by atoms with E-state index < -0.39 is 50.6 Å². The largest absolute Gasteiger partial charge is 0.481 e. The number of hydrogen-bond donors (Lipinski definition) is 2. The molecule has 94 valence electrons. The summed E-state index contributed by atoms with van der Waals surface area (Å²) in [5.41, 5.74) is 0. The first-order chi connectivity index (χ1) is 7.26. The second-order valence-corrected chi connectivity index (χ2v) is 3.05. The highest BCUT2D eigenvalue weighted by Crippen LogP contribution is 2.17. The maximum Gasteiger partial charge on any atom is 0.406 e. The van der Waals surface area contributed by atoms with Crippen molar-refractivity contribution in [2.75, 3.05) is 19.7 Å². The molecule has 0 heterocycles. The van der Waals surface area contributed by atoms with Crippen molar-refractivity contribution in [3.63, 3.8) is 0 Å². The van der Waals surface area contributed by atoms with Crippen molar-refractivity contribution in [2.45, 2.75) is 19.0 Å². The Morgan fingerprint density at radius 1 is 1.19 bits per heavy atom. The maximum absolute atomic E-state index is 12.0. The van der Waals surface area contributed by atoms with Gasteiger partial charge in [0.2, 0.25) is 5.91 Å². The molecule has 8 heteroatoms. The number of carboxylic acid groups (broad SMARTS) is 1. The van der Waals surface area contributed by atoms with Gasteiger partial charge >= 0.3 is 12.1 Å². The number of rotatable bonds is 6. The van der Waals surface area contributed by atoms with E-state index in [2.05, 4.69) is 0 Å². The average molecular weight is 243 g/mol. The summed E-state index contributed by atoms with van der Waals surface area (Å²) in [6, 6.07) is 0. The van der Waals surface area contributed by atoms with Gasteiger partial charge in [-0.3, -0.25) is 9.59 Å². The van der Waals surface area contributed by atoms with Crippen LogP contribution in [0.5, 0.6) is 0 Å². The number of nitrogens with zero attached hydrogens (tertiary/aromatic N) is 1. The lowest BCUT2D eigenvalue weighted by Gasteiger charge is -2.22. The first kappa shape index (κ1) is 14.7. The van der Waals surface area contributed by atoms with Gasteiger partial charge in [0.1, 0.15) is 6.54 Å². The van der Waals surface area contributed by atoms with Crippen LogP contribution < -0.4 is 0 Å². The quantitative estimate of drug-likeness (QED) is 0.700. The molecule has 0 aliphatic rings. The molecule has 0 saturated carbocycles. The van der Waals surface area contributed by atoms with Crippen LogP contribution >= 0.6 is 0 Å². The van der Waals surface area contributed by atoms with Crippen molar-refractivity contribution >= 4 is 11.9 Å². The van der Waals surface area contributed by atoms with Gasteiger partial charge < -0.3 is 15.1 Å². The zero-order valence-corrected chi connectivity index (χ0v) is 8.33. The van der Waals surface area contributed by atoms with Gasteiger partial charge in [-0.05, 0) is 0 Å². The van der Waals surface area contributed by atoms with Crippen molar-refractivity contribution in [1.29, 1.82) is 0 Å². The third-order valence-electron chi connectivity index (χ3n) is 1.65. The van der Waals surface area contributed by atoms with E-state index in [-0.39, 0.29) is 0 Å². The van der Waals surface area contributed by atoms with Crippen LogP contribution in [0.4, 0.5) is 13.2 Å². The van der Waals surface area contributed by atoms with Crippen LogP contribution in [0.25, 0.3) is 0 Å². The van der Waals surface area contributed by atoms with Crippen molar-refractivity contribution in [3.8, 4) is 0 Å². The number of halogens is 3. The van der Waals surface area contributed by atoms with Gasteiger partial charge in [-0.25, -0.2) is 0 Å². The number of alkyl halides is 3. The monoisotopic (exact) mass is 243 g/mol. The number of amides is 1. The molecule has 0 aliphatic heterocycles. The van der Waals surface area contributed by atoms with E-state index in [0.717, 1.165) is 0 Å². The standard InChI is InChI=1S/C8H12F3NO4/c9-8(10,11)5-12(3-4-13)6(14)1-2-7(15)16/h13H,1-5H2,(H,15,16). The molecule has 0 spiro atoms. The molecule has 1 amide bonds. The zero-order valence-electron chi connectivity index (χ0n) is 8.33. The Morgan fingerprint density at radius 2 is 1.75 bits per heavy atom. The summed E-state index contributed by atoms with van der Waals surface area (Å²) in [5, 5.41) is 16.7. The number of hydrogen-bond acceptors (Lipinski definition) is 3. The minimum atomic E-state index is -4.56. The van der Waals surface area contributed by atoms with Crippen molar-refractivity contribution in [2.24, 2.45) is 0 Å². The first-order valence-corrected chi connectivity index (χ1v) is 4.43. The molecule has 0 aliphatic carbocycles. The highest BCUT2D eigenvalue weighted by Gasteiger charge is 2.32. The molecule has 0 aromatic rings. The van der Waals surface area contributed by atoms with Crippen LogP contribution in [0.2, 0.25) is 0 Å². The number of carboxylic acids is 1. The van der Waals surface area contributed by atoms with Crippen molar-refractivity contribution in [1.82, 2.24) is 4.90 Å². The molecule has 5 nitrogen and oxygen atoms in total. The van der Waals surface area contributed by atoms with Crippen molar-refractivity contribution < 1.29 is 33.0 Å². The van der Waals surface area contributed by atoms with Crippen LogP contribution in [-0.2, 0) is 9.59 Å². The van der Waals surface area contributed by atoms with Crippen LogP contribution in [0.1, 0.15) is 12.8 Å². The summed E-state index contributed by atoms with van der Waals surface area (Å²) in [5.74, 6) is -2.20. The van der Waals surface area contributed by atoms with Gasteiger partial charge in [-0.15, -0.1) is 0 Å². The molecule has 0 atom stereocenters. The molecular weight excluding hydrogens is 231 g/mol.